The maximum Gasteiger partial charge on any atom is 0.238 e. The van der Waals surface area contributed by atoms with Crippen LogP contribution in [0.2, 0.25) is 5.02 Å². The number of rotatable bonds is 5. The lowest BCUT2D eigenvalue weighted by molar-refractivity contribution is -0.117. The molecule has 0 aromatic heterocycles. The Kier molecular flexibility index (Phi) is 5.85. The van der Waals surface area contributed by atoms with Crippen molar-refractivity contribution in [3.63, 3.8) is 0 Å². The summed E-state index contributed by atoms with van der Waals surface area (Å²) in [6.07, 6.45) is 1.20. The number of hydrogen-bond donors (Lipinski definition) is 1. The SMILES string of the molecule is COc1ccc(Cl)cc1NC(=O)CN1CCN(S(C)(=O)=O)CC1. The van der Waals surface area contributed by atoms with Gasteiger partial charge in [0.1, 0.15) is 5.75 Å². The van der Waals surface area contributed by atoms with E-state index in [1.807, 2.05) is 4.90 Å². The van der Waals surface area contributed by atoms with Gasteiger partial charge in [0.15, 0.2) is 0 Å². The summed E-state index contributed by atoms with van der Waals surface area (Å²) in [6.45, 7) is 2.02. The molecule has 1 aliphatic rings. The summed E-state index contributed by atoms with van der Waals surface area (Å²) in [7, 11) is -1.65. The van der Waals surface area contributed by atoms with Crippen LogP contribution in [0, 0.1) is 0 Å². The molecule has 0 bridgehead atoms. The number of ether oxygens (including phenoxy) is 1. The molecule has 0 atom stereocenters. The van der Waals surface area contributed by atoms with Gasteiger partial charge in [-0.15, -0.1) is 0 Å². The number of carbonyl (C=O) groups is 1. The summed E-state index contributed by atoms with van der Waals surface area (Å²) in [4.78, 5) is 14.1. The van der Waals surface area contributed by atoms with Crippen molar-refractivity contribution in [3.8, 4) is 5.75 Å². The van der Waals surface area contributed by atoms with Crippen molar-refractivity contribution in [2.45, 2.75) is 0 Å². The molecule has 1 aromatic carbocycles. The summed E-state index contributed by atoms with van der Waals surface area (Å²) >= 11 is 5.93. The van der Waals surface area contributed by atoms with Gasteiger partial charge in [0.05, 0.1) is 25.6 Å². The minimum absolute atomic E-state index is 0.188. The molecule has 0 spiro atoms. The Morgan fingerprint density at radius 3 is 2.52 bits per heavy atom. The highest BCUT2D eigenvalue weighted by Gasteiger charge is 2.24. The molecular formula is C14H20ClN3O4S. The summed E-state index contributed by atoms with van der Waals surface area (Å²) < 4.78 is 29.5. The Hall–Kier alpha value is -1.35. The number of piperazine rings is 1. The van der Waals surface area contributed by atoms with Gasteiger partial charge >= 0.3 is 0 Å². The molecule has 0 saturated carbocycles. The molecule has 0 aliphatic carbocycles. The number of nitrogens with zero attached hydrogens (tertiary/aromatic N) is 2. The average Bonchev–Trinajstić information content (AvgIpc) is 2.47. The second kappa shape index (κ2) is 7.48. The first-order valence-corrected chi connectivity index (χ1v) is 9.33. The first-order chi connectivity index (χ1) is 10.8. The monoisotopic (exact) mass is 361 g/mol. The number of carbonyl (C=O) groups excluding carboxylic acids is 1. The van der Waals surface area contributed by atoms with Crippen LogP contribution >= 0.6 is 11.6 Å². The Bertz CT molecular complexity index is 673. The maximum atomic E-state index is 12.2. The minimum atomic E-state index is -3.17. The third-order valence-corrected chi connectivity index (χ3v) is 5.14. The molecule has 23 heavy (non-hydrogen) atoms. The molecule has 2 rings (SSSR count). The predicted octanol–water partition coefficient (Wildman–Crippen LogP) is 0.864. The van der Waals surface area contributed by atoms with Crippen LogP contribution in [0.1, 0.15) is 0 Å². The summed E-state index contributed by atoms with van der Waals surface area (Å²) in [5, 5.41) is 3.27. The lowest BCUT2D eigenvalue weighted by atomic mass is 10.3. The van der Waals surface area contributed by atoms with E-state index in [9.17, 15) is 13.2 Å². The number of anilines is 1. The third kappa shape index (κ3) is 5.07. The van der Waals surface area contributed by atoms with Crippen molar-refractivity contribution in [2.24, 2.45) is 0 Å². The first kappa shape index (κ1) is 18.0. The van der Waals surface area contributed by atoms with Gasteiger partial charge in [0, 0.05) is 31.2 Å². The van der Waals surface area contributed by atoms with Crippen molar-refractivity contribution in [1.82, 2.24) is 9.21 Å². The normalized spacial score (nSPS) is 17.0. The van der Waals surface area contributed by atoms with Gasteiger partial charge in [-0.05, 0) is 18.2 Å². The van der Waals surface area contributed by atoms with Gasteiger partial charge in [-0.2, -0.15) is 4.31 Å². The van der Waals surface area contributed by atoms with Gasteiger partial charge in [0.25, 0.3) is 0 Å². The highest BCUT2D eigenvalue weighted by Crippen LogP contribution is 2.27. The smallest absolute Gasteiger partial charge is 0.238 e. The lowest BCUT2D eigenvalue weighted by Crippen LogP contribution is -2.50. The number of benzene rings is 1. The molecule has 1 saturated heterocycles. The van der Waals surface area contributed by atoms with Gasteiger partial charge in [-0.25, -0.2) is 8.42 Å². The number of amides is 1. The molecule has 1 amide bonds. The summed E-state index contributed by atoms with van der Waals surface area (Å²) in [5.41, 5.74) is 0.514. The molecule has 0 unspecified atom stereocenters. The van der Waals surface area contributed by atoms with Crippen LogP contribution in [0.5, 0.6) is 5.75 Å². The molecule has 1 heterocycles. The van der Waals surface area contributed by atoms with Crippen LogP contribution in [0.4, 0.5) is 5.69 Å². The first-order valence-electron chi connectivity index (χ1n) is 7.10. The fraction of sp³-hybridized carbons (Fsp3) is 0.500. The van der Waals surface area contributed by atoms with Crippen molar-refractivity contribution in [3.05, 3.63) is 23.2 Å². The average molecular weight is 362 g/mol. The Balaban J connectivity index is 1.90. The standard InChI is InChI=1S/C14H20ClN3O4S/c1-22-13-4-3-11(15)9-12(13)16-14(19)10-17-5-7-18(8-6-17)23(2,20)21/h3-4,9H,5-8,10H2,1-2H3,(H,16,19). The topological polar surface area (TPSA) is 79.0 Å². The van der Waals surface area contributed by atoms with Crippen molar-refractivity contribution >= 4 is 33.2 Å². The second-order valence-electron chi connectivity index (χ2n) is 5.33. The fourth-order valence-electron chi connectivity index (χ4n) is 2.39. The van der Waals surface area contributed by atoms with E-state index in [0.717, 1.165) is 0 Å². The number of hydrogen-bond acceptors (Lipinski definition) is 5. The van der Waals surface area contributed by atoms with E-state index >= 15 is 0 Å². The minimum Gasteiger partial charge on any atom is -0.495 e. The Morgan fingerprint density at radius 1 is 1.30 bits per heavy atom. The van der Waals surface area contributed by atoms with Crippen LogP contribution in [-0.2, 0) is 14.8 Å². The number of nitrogens with one attached hydrogen (secondary N) is 1. The molecular weight excluding hydrogens is 342 g/mol. The predicted molar refractivity (Wildman–Crippen MR) is 89.5 cm³/mol. The van der Waals surface area contributed by atoms with E-state index in [1.165, 1.54) is 17.7 Å². The van der Waals surface area contributed by atoms with E-state index in [-0.39, 0.29) is 12.5 Å². The maximum absolute atomic E-state index is 12.2. The zero-order chi connectivity index (χ0) is 17.0. The van der Waals surface area contributed by atoms with Crippen LogP contribution in [0.3, 0.4) is 0 Å². The molecule has 0 radical (unpaired) electrons. The zero-order valence-electron chi connectivity index (χ0n) is 13.1. The number of halogens is 1. The number of methoxy groups -OCH3 is 1. The molecule has 128 valence electrons. The van der Waals surface area contributed by atoms with Crippen LogP contribution < -0.4 is 10.1 Å². The van der Waals surface area contributed by atoms with Gasteiger partial charge in [0.2, 0.25) is 15.9 Å². The Labute approximate surface area is 141 Å². The largest absolute Gasteiger partial charge is 0.495 e. The van der Waals surface area contributed by atoms with Gasteiger partial charge in [-0.1, -0.05) is 11.6 Å². The fourth-order valence-corrected chi connectivity index (χ4v) is 3.39. The van der Waals surface area contributed by atoms with E-state index in [2.05, 4.69) is 5.32 Å². The molecule has 1 N–H and O–H groups in total. The second-order valence-corrected chi connectivity index (χ2v) is 7.75. The van der Waals surface area contributed by atoms with Crippen molar-refractivity contribution in [1.29, 1.82) is 0 Å². The lowest BCUT2D eigenvalue weighted by Gasteiger charge is -2.32. The van der Waals surface area contributed by atoms with Gasteiger partial charge in [-0.3, -0.25) is 9.69 Å². The third-order valence-electron chi connectivity index (χ3n) is 3.60. The van der Waals surface area contributed by atoms with E-state index < -0.39 is 10.0 Å². The van der Waals surface area contributed by atoms with E-state index in [1.54, 1.807) is 18.2 Å². The van der Waals surface area contributed by atoms with E-state index in [4.69, 9.17) is 16.3 Å². The molecule has 7 nitrogen and oxygen atoms in total. The Morgan fingerprint density at radius 2 is 1.96 bits per heavy atom. The highest BCUT2D eigenvalue weighted by molar-refractivity contribution is 7.88. The molecule has 1 fully saturated rings. The van der Waals surface area contributed by atoms with Gasteiger partial charge < -0.3 is 10.1 Å². The van der Waals surface area contributed by atoms with E-state index in [0.29, 0.717) is 42.6 Å². The van der Waals surface area contributed by atoms with Crippen molar-refractivity contribution < 1.29 is 17.9 Å². The summed E-state index contributed by atoms with van der Waals surface area (Å²) in [6, 6.07) is 4.99. The molecule has 1 aromatic rings. The van der Waals surface area contributed by atoms with Crippen LogP contribution in [0.15, 0.2) is 18.2 Å². The summed E-state index contributed by atoms with van der Waals surface area (Å²) in [5.74, 6) is 0.336. The number of sulfonamides is 1. The molecule has 9 heteroatoms. The highest BCUT2D eigenvalue weighted by atomic mass is 35.5. The van der Waals surface area contributed by atoms with Crippen LogP contribution in [0.25, 0.3) is 0 Å². The molecule has 1 aliphatic heterocycles. The zero-order valence-corrected chi connectivity index (χ0v) is 14.7. The van der Waals surface area contributed by atoms with Crippen LogP contribution in [-0.4, -0.2) is 69.6 Å². The van der Waals surface area contributed by atoms with Crippen molar-refractivity contribution in [2.75, 3.05) is 51.4 Å². The quantitative estimate of drug-likeness (QED) is 0.841.